The highest BCUT2D eigenvalue weighted by molar-refractivity contribution is 6.31. The van der Waals surface area contributed by atoms with Crippen molar-refractivity contribution in [2.75, 3.05) is 5.32 Å². The number of H-pyrrole nitrogens is 1. The van der Waals surface area contributed by atoms with Crippen LogP contribution in [0.15, 0.2) is 48.9 Å². The Bertz CT molecular complexity index is 975. The highest BCUT2D eigenvalue weighted by Crippen LogP contribution is 2.30. The fourth-order valence-corrected chi connectivity index (χ4v) is 3.91. The van der Waals surface area contributed by atoms with Gasteiger partial charge in [-0.15, -0.1) is 0 Å². The molecule has 26 heavy (non-hydrogen) atoms. The Kier molecular flexibility index (Phi) is 4.11. The van der Waals surface area contributed by atoms with E-state index in [2.05, 4.69) is 41.0 Å². The summed E-state index contributed by atoms with van der Waals surface area (Å²) in [4.78, 5) is 12.4. The maximum absolute atomic E-state index is 6.07. The Morgan fingerprint density at radius 3 is 2.96 bits per heavy atom. The number of rotatable bonds is 3. The Labute approximate surface area is 157 Å². The molecular formula is C20H22ClN5. The SMILES string of the molecule is C=C1CC(Nc2nccc(-c3c[nH]c4cc(Cl)ccc34)n2)CC(C)(C)N1. The third kappa shape index (κ3) is 3.40. The second-order valence-corrected chi connectivity index (χ2v) is 7.96. The summed E-state index contributed by atoms with van der Waals surface area (Å²) in [6, 6.07) is 8.01. The van der Waals surface area contributed by atoms with Crippen molar-refractivity contribution in [2.45, 2.75) is 38.3 Å². The summed E-state index contributed by atoms with van der Waals surface area (Å²) >= 11 is 6.07. The maximum atomic E-state index is 6.07. The summed E-state index contributed by atoms with van der Waals surface area (Å²) in [7, 11) is 0. The number of nitrogens with one attached hydrogen (secondary N) is 3. The third-order valence-electron chi connectivity index (χ3n) is 4.67. The number of anilines is 1. The van der Waals surface area contributed by atoms with Crippen LogP contribution in [-0.2, 0) is 0 Å². The van der Waals surface area contributed by atoms with Crippen molar-refractivity contribution in [1.82, 2.24) is 20.3 Å². The van der Waals surface area contributed by atoms with Gasteiger partial charge in [0, 0.05) is 57.6 Å². The first kappa shape index (κ1) is 16.9. The smallest absolute Gasteiger partial charge is 0.223 e. The van der Waals surface area contributed by atoms with Crippen LogP contribution in [-0.4, -0.2) is 26.5 Å². The molecule has 1 fully saturated rings. The highest BCUT2D eigenvalue weighted by Gasteiger charge is 2.29. The Balaban J connectivity index is 1.61. The number of aromatic amines is 1. The molecule has 134 valence electrons. The van der Waals surface area contributed by atoms with Gasteiger partial charge in [-0.25, -0.2) is 9.97 Å². The number of piperidine rings is 1. The second-order valence-electron chi connectivity index (χ2n) is 7.52. The molecule has 1 unspecified atom stereocenters. The van der Waals surface area contributed by atoms with Crippen molar-refractivity contribution in [2.24, 2.45) is 0 Å². The monoisotopic (exact) mass is 367 g/mol. The van der Waals surface area contributed by atoms with Crippen LogP contribution in [0.4, 0.5) is 5.95 Å². The van der Waals surface area contributed by atoms with E-state index in [-0.39, 0.29) is 11.6 Å². The first-order valence-corrected chi connectivity index (χ1v) is 9.10. The van der Waals surface area contributed by atoms with E-state index in [0.717, 1.165) is 40.7 Å². The van der Waals surface area contributed by atoms with Gasteiger partial charge in [-0.2, -0.15) is 0 Å². The summed E-state index contributed by atoms with van der Waals surface area (Å²) < 4.78 is 0. The summed E-state index contributed by atoms with van der Waals surface area (Å²) in [6.45, 7) is 8.46. The van der Waals surface area contributed by atoms with Crippen molar-refractivity contribution in [3.63, 3.8) is 0 Å². The van der Waals surface area contributed by atoms with Crippen molar-refractivity contribution >= 4 is 28.5 Å². The van der Waals surface area contributed by atoms with Crippen LogP contribution in [0.1, 0.15) is 26.7 Å². The fourth-order valence-electron chi connectivity index (χ4n) is 3.74. The molecule has 4 rings (SSSR count). The van der Waals surface area contributed by atoms with E-state index >= 15 is 0 Å². The van der Waals surface area contributed by atoms with E-state index in [1.165, 1.54) is 0 Å². The minimum absolute atomic E-state index is 0.0146. The van der Waals surface area contributed by atoms with Crippen LogP contribution < -0.4 is 10.6 Å². The quantitative estimate of drug-likeness (QED) is 0.625. The fraction of sp³-hybridized carbons (Fsp3) is 0.300. The van der Waals surface area contributed by atoms with Gasteiger partial charge < -0.3 is 15.6 Å². The molecule has 5 nitrogen and oxygen atoms in total. The molecule has 0 aliphatic carbocycles. The van der Waals surface area contributed by atoms with Gasteiger partial charge in [0.05, 0.1) is 5.69 Å². The summed E-state index contributed by atoms with van der Waals surface area (Å²) in [5.74, 6) is 0.640. The first-order valence-electron chi connectivity index (χ1n) is 8.72. The van der Waals surface area contributed by atoms with Crippen LogP contribution in [0, 0.1) is 0 Å². The zero-order valence-corrected chi connectivity index (χ0v) is 15.7. The second kappa shape index (κ2) is 6.32. The summed E-state index contributed by atoms with van der Waals surface area (Å²) in [5, 5.41) is 8.72. The Morgan fingerprint density at radius 2 is 2.15 bits per heavy atom. The predicted octanol–water partition coefficient (Wildman–Crippen LogP) is 4.73. The number of aromatic nitrogens is 3. The van der Waals surface area contributed by atoms with Gasteiger partial charge in [0.2, 0.25) is 5.95 Å². The number of hydrogen-bond acceptors (Lipinski definition) is 4. The van der Waals surface area contributed by atoms with E-state index in [0.29, 0.717) is 11.0 Å². The zero-order valence-electron chi connectivity index (χ0n) is 14.9. The molecule has 3 heterocycles. The topological polar surface area (TPSA) is 65.6 Å². The van der Waals surface area contributed by atoms with Gasteiger partial charge in [0.15, 0.2) is 0 Å². The number of halogens is 1. The molecule has 0 amide bonds. The minimum Gasteiger partial charge on any atom is -0.384 e. The van der Waals surface area contributed by atoms with E-state index in [1.54, 1.807) is 6.20 Å². The van der Waals surface area contributed by atoms with Gasteiger partial charge in [-0.1, -0.05) is 24.2 Å². The summed E-state index contributed by atoms with van der Waals surface area (Å²) in [6.07, 6.45) is 5.59. The molecule has 1 atom stereocenters. The van der Waals surface area contributed by atoms with Crippen molar-refractivity contribution in [1.29, 1.82) is 0 Å². The molecule has 3 N–H and O–H groups in total. The largest absolute Gasteiger partial charge is 0.384 e. The molecule has 1 aliphatic heterocycles. The van der Waals surface area contributed by atoms with Gasteiger partial charge in [0.25, 0.3) is 0 Å². The third-order valence-corrected chi connectivity index (χ3v) is 4.91. The number of hydrogen-bond donors (Lipinski definition) is 3. The Morgan fingerprint density at radius 1 is 1.31 bits per heavy atom. The normalized spacial score (nSPS) is 19.3. The van der Waals surface area contributed by atoms with Crippen LogP contribution >= 0.6 is 11.6 Å². The molecule has 3 aromatic rings. The molecule has 0 saturated carbocycles. The van der Waals surface area contributed by atoms with Gasteiger partial charge in [-0.05, 0) is 38.5 Å². The lowest BCUT2D eigenvalue weighted by molar-refractivity contribution is 0.324. The predicted molar refractivity (Wildman–Crippen MR) is 107 cm³/mol. The first-order chi connectivity index (χ1) is 12.4. The van der Waals surface area contributed by atoms with Crippen LogP contribution in [0.3, 0.4) is 0 Å². The lowest BCUT2D eigenvalue weighted by atomic mass is 9.88. The number of benzene rings is 1. The summed E-state index contributed by atoms with van der Waals surface area (Å²) in [5.41, 5.74) is 3.97. The molecule has 0 radical (unpaired) electrons. The lowest BCUT2D eigenvalue weighted by Crippen LogP contribution is -2.48. The van der Waals surface area contributed by atoms with Crippen LogP contribution in [0.5, 0.6) is 0 Å². The molecule has 1 aromatic carbocycles. The molecule has 6 heteroatoms. The van der Waals surface area contributed by atoms with Crippen molar-refractivity contribution < 1.29 is 0 Å². The van der Waals surface area contributed by atoms with Crippen molar-refractivity contribution in [3.8, 4) is 11.3 Å². The maximum Gasteiger partial charge on any atom is 0.223 e. The van der Waals surface area contributed by atoms with E-state index in [9.17, 15) is 0 Å². The Hall–Kier alpha value is -2.53. The average molecular weight is 368 g/mol. The molecule has 1 saturated heterocycles. The highest BCUT2D eigenvalue weighted by atomic mass is 35.5. The molecule has 0 spiro atoms. The minimum atomic E-state index is 0.0146. The molecular weight excluding hydrogens is 346 g/mol. The molecule has 1 aliphatic rings. The lowest BCUT2D eigenvalue weighted by Gasteiger charge is -2.38. The van der Waals surface area contributed by atoms with E-state index < -0.39 is 0 Å². The van der Waals surface area contributed by atoms with Crippen LogP contribution in [0.2, 0.25) is 5.02 Å². The number of fused-ring (bicyclic) bond motifs is 1. The average Bonchev–Trinajstić information content (AvgIpc) is 2.96. The standard InChI is InChI=1S/C20H22ClN5/c1-12-8-14(10-20(2,3)26-12)24-19-22-7-6-17(25-19)16-11-23-18-9-13(21)4-5-15(16)18/h4-7,9,11,14,23,26H,1,8,10H2,2-3H3,(H,22,24,25). The molecule has 0 bridgehead atoms. The van der Waals surface area contributed by atoms with Gasteiger partial charge in [-0.3, -0.25) is 0 Å². The van der Waals surface area contributed by atoms with Crippen LogP contribution in [0.25, 0.3) is 22.2 Å². The van der Waals surface area contributed by atoms with Crippen molar-refractivity contribution in [3.05, 3.63) is 54.0 Å². The van der Waals surface area contributed by atoms with E-state index in [4.69, 9.17) is 16.6 Å². The number of nitrogens with zero attached hydrogens (tertiary/aromatic N) is 2. The van der Waals surface area contributed by atoms with Gasteiger partial charge in [0.1, 0.15) is 0 Å². The zero-order chi connectivity index (χ0) is 18.3. The van der Waals surface area contributed by atoms with Gasteiger partial charge >= 0.3 is 0 Å². The molecule has 2 aromatic heterocycles. The van der Waals surface area contributed by atoms with E-state index in [1.807, 2.05) is 30.5 Å².